The van der Waals surface area contributed by atoms with Crippen molar-refractivity contribution in [2.75, 3.05) is 7.05 Å². The summed E-state index contributed by atoms with van der Waals surface area (Å²) in [7, 11) is 2.04. The van der Waals surface area contributed by atoms with Gasteiger partial charge in [0, 0.05) is 6.04 Å². The predicted octanol–water partition coefficient (Wildman–Crippen LogP) is 4.20. The first kappa shape index (κ1) is 15.7. The molecule has 1 N–H and O–H groups in total. The van der Waals surface area contributed by atoms with Crippen molar-refractivity contribution in [3.05, 3.63) is 12.7 Å². The Morgan fingerprint density at radius 3 is 2.06 bits per heavy atom. The summed E-state index contributed by atoms with van der Waals surface area (Å²) in [5.74, 6) is 1.45. The molecule has 0 saturated carbocycles. The van der Waals surface area contributed by atoms with Gasteiger partial charge in [-0.3, -0.25) is 0 Å². The summed E-state index contributed by atoms with van der Waals surface area (Å²) in [6, 6.07) is 0.666. The van der Waals surface area contributed by atoms with E-state index in [9.17, 15) is 0 Å². The average Bonchev–Trinajstić information content (AvgIpc) is 2.28. The van der Waals surface area contributed by atoms with E-state index in [4.69, 9.17) is 6.58 Å². The molecule has 0 heterocycles. The first-order valence-electron chi connectivity index (χ1n) is 6.82. The maximum absolute atomic E-state index is 5.49. The minimum absolute atomic E-state index is 0.580. The third kappa shape index (κ3) is 8.96. The van der Waals surface area contributed by atoms with Crippen LogP contribution in [0.25, 0.3) is 0 Å². The smallest absolute Gasteiger partial charge is 0.00357 e. The van der Waals surface area contributed by atoms with Crippen LogP contribution < -0.4 is 5.32 Å². The molecule has 95 valence electrons. The minimum Gasteiger partial charge on any atom is -0.317 e. The van der Waals surface area contributed by atoms with Crippen molar-refractivity contribution in [1.29, 1.82) is 0 Å². The lowest BCUT2D eigenvalue weighted by molar-refractivity contribution is 0.415. The standard InChI is InChI=1S/C15H30N/c1-6-13(2)9-7-10-14(3)11-8-12-15(4)16-5/h1,6,13-16H,7-12H2,2-5H3. The van der Waals surface area contributed by atoms with Crippen LogP contribution in [-0.2, 0) is 0 Å². The fraction of sp³-hybridized carbons (Fsp3) is 0.867. The second kappa shape index (κ2) is 9.89. The molecule has 1 nitrogen and oxygen atoms in total. The van der Waals surface area contributed by atoms with Gasteiger partial charge in [-0.2, -0.15) is 0 Å². The van der Waals surface area contributed by atoms with E-state index in [1.165, 1.54) is 38.5 Å². The molecule has 0 bridgehead atoms. The Hall–Kier alpha value is -0.300. The second-order valence-electron chi connectivity index (χ2n) is 5.33. The monoisotopic (exact) mass is 224 g/mol. The molecular weight excluding hydrogens is 194 g/mol. The van der Waals surface area contributed by atoms with E-state index < -0.39 is 0 Å². The average molecular weight is 224 g/mol. The zero-order valence-corrected chi connectivity index (χ0v) is 11.6. The summed E-state index contributed by atoms with van der Waals surface area (Å²) in [5.41, 5.74) is 0. The molecule has 0 fully saturated rings. The highest BCUT2D eigenvalue weighted by Crippen LogP contribution is 2.18. The topological polar surface area (TPSA) is 12.0 Å². The van der Waals surface area contributed by atoms with Crippen molar-refractivity contribution < 1.29 is 0 Å². The molecule has 0 saturated heterocycles. The maximum Gasteiger partial charge on any atom is 0.00357 e. The molecule has 0 aromatic rings. The van der Waals surface area contributed by atoms with Gasteiger partial charge in [0.1, 0.15) is 0 Å². The van der Waals surface area contributed by atoms with Crippen LogP contribution in [0.1, 0.15) is 59.3 Å². The highest BCUT2D eigenvalue weighted by atomic mass is 14.8. The van der Waals surface area contributed by atoms with Gasteiger partial charge in [0.15, 0.2) is 0 Å². The Labute approximate surface area is 103 Å². The molecule has 1 radical (unpaired) electrons. The molecular formula is C15H30N. The Balaban J connectivity index is 3.37. The highest BCUT2D eigenvalue weighted by Gasteiger charge is 2.05. The summed E-state index contributed by atoms with van der Waals surface area (Å²) < 4.78 is 0. The van der Waals surface area contributed by atoms with Crippen LogP contribution in [0.4, 0.5) is 0 Å². The molecule has 0 rings (SSSR count). The number of rotatable bonds is 10. The van der Waals surface area contributed by atoms with E-state index in [0.717, 1.165) is 5.92 Å². The van der Waals surface area contributed by atoms with Gasteiger partial charge in [-0.1, -0.05) is 52.2 Å². The van der Waals surface area contributed by atoms with Gasteiger partial charge >= 0.3 is 0 Å². The summed E-state index contributed by atoms with van der Waals surface area (Å²) in [6.45, 7) is 12.3. The summed E-state index contributed by atoms with van der Waals surface area (Å²) in [6.07, 6.45) is 9.75. The van der Waals surface area contributed by atoms with Crippen molar-refractivity contribution in [3.8, 4) is 0 Å². The van der Waals surface area contributed by atoms with Gasteiger partial charge in [-0.25, -0.2) is 0 Å². The first-order valence-corrected chi connectivity index (χ1v) is 6.82. The van der Waals surface area contributed by atoms with Crippen LogP contribution in [0.15, 0.2) is 6.08 Å². The second-order valence-corrected chi connectivity index (χ2v) is 5.33. The third-order valence-electron chi connectivity index (χ3n) is 3.51. The van der Waals surface area contributed by atoms with E-state index >= 15 is 0 Å². The predicted molar refractivity (Wildman–Crippen MR) is 73.4 cm³/mol. The van der Waals surface area contributed by atoms with Gasteiger partial charge in [0.25, 0.3) is 0 Å². The molecule has 1 heteroatoms. The quantitative estimate of drug-likeness (QED) is 0.586. The van der Waals surface area contributed by atoms with Gasteiger partial charge in [-0.05, 0) is 38.6 Å². The molecule has 0 aromatic carbocycles. The van der Waals surface area contributed by atoms with Crippen molar-refractivity contribution in [2.24, 2.45) is 11.8 Å². The zero-order valence-electron chi connectivity index (χ0n) is 11.6. The lowest BCUT2D eigenvalue weighted by atomic mass is 9.94. The normalized spacial score (nSPS) is 16.8. The van der Waals surface area contributed by atoms with Crippen LogP contribution in [0, 0.1) is 18.4 Å². The largest absolute Gasteiger partial charge is 0.317 e. The van der Waals surface area contributed by atoms with Crippen LogP contribution in [-0.4, -0.2) is 13.1 Å². The highest BCUT2D eigenvalue weighted by molar-refractivity contribution is 4.72. The van der Waals surface area contributed by atoms with Crippen LogP contribution in [0.3, 0.4) is 0 Å². The first-order chi connectivity index (χ1) is 7.60. The van der Waals surface area contributed by atoms with E-state index in [-0.39, 0.29) is 0 Å². The van der Waals surface area contributed by atoms with E-state index in [1.54, 1.807) is 0 Å². The Kier molecular flexibility index (Phi) is 9.71. The maximum atomic E-state index is 5.49. The molecule has 0 aliphatic heterocycles. The summed E-state index contributed by atoms with van der Waals surface area (Å²) in [5, 5.41) is 3.29. The van der Waals surface area contributed by atoms with Crippen molar-refractivity contribution >= 4 is 0 Å². The zero-order chi connectivity index (χ0) is 12.4. The summed E-state index contributed by atoms with van der Waals surface area (Å²) >= 11 is 0. The Morgan fingerprint density at radius 1 is 1.00 bits per heavy atom. The fourth-order valence-electron chi connectivity index (χ4n) is 1.95. The minimum atomic E-state index is 0.580. The summed E-state index contributed by atoms with van der Waals surface area (Å²) in [4.78, 5) is 0. The number of hydrogen-bond acceptors (Lipinski definition) is 1. The van der Waals surface area contributed by atoms with Crippen LogP contribution >= 0.6 is 0 Å². The van der Waals surface area contributed by atoms with E-state index in [2.05, 4.69) is 26.1 Å². The molecule has 0 amide bonds. The fourth-order valence-corrected chi connectivity index (χ4v) is 1.95. The van der Waals surface area contributed by atoms with Gasteiger partial charge < -0.3 is 5.32 Å². The van der Waals surface area contributed by atoms with E-state index in [0.29, 0.717) is 12.0 Å². The van der Waals surface area contributed by atoms with Crippen molar-refractivity contribution in [3.63, 3.8) is 0 Å². The van der Waals surface area contributed by atoms with Crippen molar-refractivity contribution in [2.45, 2.75) is 65.3 Å². The Morgan fingerprint density at radius 2 is 1.56 bits per heavy atom. The van der Waals surface area contributed by atoms with Crippen LogP contribution in [0.2, 0.25) is 0 Å². The molecule has 0 aliphatic carbocycles. The molecule has 3 atom stereocenters. The van der Waals surface area contributed by atoms with Gasteiger partial charge in [0.05, 0.1) is 0 Å². The van der Waals surface area contributed by atoms with Crippen LogP contribution in [0.5, 0.6) is 0 Å². The Bertz CT molecular complexity index is 165. The lowest BCUT2D eigenvalue weighted by Crippen LogP contribution is -2.20. The van der Waals surface area contributed by atoms with E-state index in [1.807, 2.05) is 13.1 Å². The number of nitrogens with one attached hydrogen (secondary N) is 1. The van der Waals surface area contributed by atoms with Gasteiger partial charge in [0.2, 0.25) is 0 Å². The lowest BCUT2D eigenvalue weighted by Gasteiger charge is -2.14. The molecule has 16 heavy (non-hydrogen) atoms. The third-order valence-corrected chi connectivity index (χ3v) is 3.51. The number of hydrogen-bond donors (Lipinski definition) is 1. The molecule has 3 unspecified atom stereocenters. The van der Waals surface area contributed by atoms with Gasteiger partial charge in [-0.15, -0.1) is 0 Å². The molecule has 0 aliphatic rings. The number of allylic oxidation sites excluding steroid dienone is 1. The molecule has 0 aromatic heterocycles. The SMILES string of the molecule is [CH]=CC(C)CCCC(C)CCCC(C)NC. The van der Waals surface area contributed by atoms with Crippen molar-refractivity contribution in [1.82, 2.24) is 5.32 Å². The molecule has 0 spiro atoms.